The van der Waals surface area contributed by atoms with Crippen molar-refractivity contribution in [2.24, 2.45) is 0 Å². The first-order valence-electron chi connectivity index (χ1n) is 7.57. The van der Waals surface area contributed by atoms with Gasteiger partial charge in [-0.1, -0.05) is 12.1 Å². The lowest BCUT2D eigenvalue weighted by molar-refractivity contribution is -0.137. The molecule has 0 aliphatic heterocycles. The van der Waals surface area contributed by atoms with Crippen LogP contribution in [0.5, 0.6) is 5.75 Å². The van der Waals surface area contributed by atoms with Crippen molar-refractivity contribution < 1.29 is 26.3 Å². The van der Waals surface area contributed by atoms with E-state index in [2.05, 4.69) is 6.58 Å². The molecule has 8 heteroatoms. The Morgan fingerprint density at radius 2 is 1.88 bits per heavy atom. The quantitative estimate of drug-likeness (QED) is 0.693. The van der Waals surface area contributed by atoms with Crippen LogP contribution in [-0.2, 0) is 16.2 Å². The highest BCUT2D eigenvalue weighted by molar-refractivity contribution is 7.92. The average Bonchev–Trinajstić information content (AvgIpc) is 2.58. The van der Waals surface area contributed by atoms with Gasteiger partial charge in [0.15, 0.2) is 0 Å². The highest BCUT2D eigenvalue weighted by atomic mass is 32.2. The molecule has 0 bridgehead atoms. The Morgan fingerprint density at radius 1 is 1.19 bits per heavy atom. The van der Waals surface area contributed by atoms with E-state index in [0.29, 0.717) is 11.3 Å². The third-order valence-corrected chi connectivity index (χ3v) is 5.50. The number of ether oxygens (including phenoxy) is 1. The number of benzene rings is 2. The maximum Gasteiger partial charge on any atom is 0.416 e. The number of hydrogen-bond acceptors (Lipinski definition) is 3. The summed E-state index contributed by atoms with van der Waals surface area (Å²) in [6.07, 6.45) is -3.26. The van der Waals surface area contributed by atoms with Gasteiger partial charge in [0.2, 0.25) is 0 Å². The van der Waals surface area contributed by atoms with E-state index in [0.717, 1.165) is 16.4 Å². The van der Waals surface area contributed by atoms with E-state index in [4.69, 9.17) is 4.74 Å². The molecule has 4 nitrogen and oxygen atoms in total. The zero-order valence-corrected chi connectivity index (χ0v) is 15.1. The molecule has 0 saturated heterocycles. The molecule has 0 aliphatic rings. The first-order chi connectivity index (χ1) is 12.1. The number of rotatable bonds is 6. The predicted molar refractivity (Wildman–Crippen MR) is 93.9 cm³/mol. The van der Waals surface area contributed by atoms with Crippen LogP contribution in [0.15, 0.2) is 60.0 Å². The molecule has 2 rings (SSSR count). The molecule has 2 aromatic rings. The van der Waals surface area contributed by atoms with E-state index in [1.165, 1.54) is 43.5 Å². The normalized spacial score (nSPS) is 11.9. The van der Waals surface area contributed by atoms with Crippen molar-refractivity contribution in [1.82, 2.24) is 0 Å². The van der Waals surface area contributed by atoms with E-state index in [1.54, 1.807) is 6.92 Å². The summed E-state index contributed by atoms with van der Waals surface area (Å²) in [7, 11) is -2.63. The largest absolute Gasteiger partial charge is 0.496 e. The molecule has 0 unspecified atom stereocenters. The van der Waals surface area contributed by atoms with Crippen molar-refractivity contribution in [3.05, 3.63) is 66.2 Å². The second-order valence-electron chi connectivity index (χ2n) is 5.50. The minimum Gasteiger partial charge on any atom is -0.496 e. The average molecular weight is 385 g/mol. The highest BCUT2D eigenvalue weighted by Gasteiger charge is 2.32. The lowest BCUT2D eigenvalue weighted by Crippen LogP contribution is -2.31. The number of halogens is 3. The van der Waals surface area contributed by atoms with Gasteiger partial charge in [-0.05, 0) is 48.9 Å². The smallest absolute Gasteiger partial charge is 0.416 e. The van der Waals surface area contributed by atoms with E-state index in [-0.39, 0.29) is 17.1 Å². The van der Waals surface area contributed by atoms with Crippen LogP contribution in [0.25, 0.3) is 0 Å². The van der Waals surface area contributed by atoms with Crippen molar-refractivity contribution in [2.45, 2.75) is 18.0 Å². The molecule has 26 heavy (non-hydrogen) atoms. The Balaban J connectivity index is 2.55. The third-order valence-electron chi connectivity index (χ3n) is 3.71. The Bertz CT molecular complexity index is 908. The molecule has 0 spiro atoms. The van der Waals surface area contributed by atoms with Gasteiger partial charge in [0.05, 0.1) is 29.8 Å². The van der Waals surface area contributed by atoms with Gasteiger partial charge in [-0.2, -0.15) is 13.2 Å². The fraction of sp³-hybridized carbons (Fsp3) is 0.222. The molecule has 0 heterocycles. The SMILES string of the molecule is C=CCN(c1cccc(C(F)(F)F)c1)S(=O)(=O)c1ccc(OC)c(C)c1. The summed E-state index contributed by atoms with van der Waals surface area (Å²) in [5.74, 6) is 0.512. The summed E-state index contributed by atoms with van der Waals surface area (Å²) < 4.78 is 70.9. The fourth-order valence-corrected chi connectivity index (χ4v) is 3.95. The molecule has 0 radical (unpaired) electrons. The van der Waals surface area contributed by atoms with Crippen molar-refractivity contribution in [3.63, 3.8) is 0 Å². The maximum atomic E-state index is 13.0. The number of anilines is 1. The van der Waals surface area contributed by atoms with Gasteiger partial charge in [-0.15, -0.1) is 6.58 Å². The van der Waals surface area contributed by atoms with E-state index < -0.39 is 21.8 Å². The van der Waals surface area contributed by atoms with Crippen molar-refractivity contribution in [3.8, 4) is 5.75 Å². The second-order valence-corrected chi connectivity index (χ2v) is 7.37. The minimum absolute atomic E-state index is 0.0462. The molecular formula is C18H18F3NO3S. The lowest BCUT2D eigenvalue weighted by Gasteiger charge is -2.24. The van der Waals surface area contributed by atoms with Gasteiger partial charge in [-0.25, -0.2) is 8.42 Å². The molecular weight excluding hydrogens is 367 g/mol. The van der Waals surface area contributed by atoms with Crippen molar-refractivity contribution in [1.29, 1.82) is 0 Å². The number of aryl methyl sites for hydroxylation is 1. The number of sulfonamides is 1. The number of hydrogen-bond donors (Lipinski definition) is 0. The Hall–Kier alpha value is -2.48. The molecule has 0 saturated carbocycles. The monoisotopic (exact) mass is 385 g/mol. The van der Waals surface area contributed by atoms with Crippen LogP contribution in [0.4, 0.5) is 18.9 Å². The van der Waals surface area contributed by atoms with Crippen LogP contribution in [0.1, 0.15) is 11.1 Å². The van der Waals surface area contributed by atoms with Gasteiger partial charge in [0, 0.05) is 0 Å². The lowest BCUT2D eigenvalue weighted by atomic mass is 10.2. The zero-order valence-electron chi connectivity index (χ0n) is 14.2. The van der Waals surface area contributed by atoms with Crippen LogP contribution < -0.4 is 9.04 Å². The zero-order chi connectivity index (χ0) is 19.5. The van der Waals surface area contributed by atoms with Crippen LogP contribution in [-0.4, -0.2) is 22.1 Å². The second kappa shape index (κ2) is 7.41. The summed E-state index contributed by atoms with van der Waals surface area (Å²) in [6.45, 7) is 5.01. The van der Waals surface area contributed by atoms with Crippen LogP contribution in [0.3, 0.4) is 0 Å². The van der Waals surface area contributed by atoms with Gasteiger partial charge < -0.3 is 4.74 Å². The number of methoxy groups -OCH3 is 1. The van der Waals surface area contributed by atoms with Gasteiger partial charge in [0.1, 0.15) is 5.75 Å². The first-order valence-corrected chi connectivity index (χ1v) is 9.01. The number of nitrogens with zero attached hydrogens (tertiary/aromatic N) is 1. The molecule has 0 fully saturated rings. The third kappa shape index (κ3) is 4.01. The Labute approximate surface area is 150 Å². The summed E-state index contributed by atoms with van der Waals surface area (Å²) in [5.41, 5.74) is -0.422. The van der Waals surface area contributed by atoms with Gasteiger partial charge in [0.25, 0.3) is 10.0 Å². The fourth-order valence-electron chi connectivity index (χ4n) is 2.44. The van der Waals surface area contributed by atoms with Crippen LogP contribution >= 0.6 is 0 Å². The van der Waals surface area contributed by atoms with Crippen LogP contribution in [0, 0.1) is 6.92 Å². The summed E-state index contributed by atoms with van der Waals surface area (Å²) in [6, 6.07) is 8.44. The summed E-state index contributed by atoms with van der Waals surface area (Å²) in [5, 5.41) is 0. The molecule has 0 N–H and O–H groups in total. The maximum absolute atomic E-state index is 13.0. The van der Waals surface area contributed by atoms with Gasteiger partial charge in [-0.3, -0.25) is 4.31 Å². The molecule has 0 atom stereocenters. The van der Waals surface area contributed by atoms with Gasteiger partial charge >= 0.3 is 6.18 Å². The van der Waals surface area contributed by atoms with Crippen molar-refractivity contribution >= 4 is 15.7 Å². The molecule has 2 aromatic carbocycles. The topological polar surface area (TPSA) is 46.6 Å². The van der Waals surface area contributed by atoms with Crippen LogP contribution in [0.2, 0.25) is 0 Å². The Kier molecular flexibility index (Phi) is 5.65. The summed E-state index contributed by atoms with van der Waals surface area (Å²) in [4.78, 5) is -0.0462. The molecule has 0 amide bonds. The molecule has 140 valence electrons. The molecule has 0 aromatic heterocycles. The first kappa shape index (κ1) is 19.8. The standard InChI is InChI=1S/C18H18F3NO3S/c1-4-10-22(15-7-5-6-14(12-15)18(19,20)21)26(23,24)16-8-9-17(25-3)13(2)11-16/h4-9,11-12H,1,10H2,2-3H3. The van der Waals surface area contributed by atoms with E-state index in [9.17, 15) is 21.6 Å². The van der Waals surface area contributed by atoms with Crippen molar-refractivity contribution in [2.75, 3.05) is 18.0 Å². The van der Waals surface area contributed by atoms with E-state index in [1.807, 2.05) is 0 Å². The molecule has 0 aliphatic carbocycles. The highest BCUT2D eigenvalue weighted by Crippen LogP contribution is 2.33. The minimum atomic E-state index is -4.57. The summed E-state index contributed by atoms with van der Waals surface area (Å²) >= 11 is 0. The van der Waals surface area contributed by atoms with E-state index >= 15 is 0 Å². The predicted octanol–water partition coefficient (Wildman–Crippen LogP) is 4.40. The Morgan fingerprint density at radius 3 is 2.42 bits per heavy atom. The number of alkyl halides is 3.